The van der Waals surface area contributed by atoms with Crippen LogP contribution in [0.3, 0.4) is 0 Å². The molecule has 0 atom stereocenters. The Balaban J connectivity index is 1.62. The Morgan fingerprint density at radius 1 is 0.323 bits per heavy atom. The van der Waals surface area contributed by atoms with Crippen molar-refractivity contribution < 1.29 is 32.6 Å². The summed E-state index contributed by atoms with van der Waals surface area (Å²) in [6, 6.07) is 85.5. The molecule has 0 aliphatic rings. The van der Waals surface area contributed by atoms with Crippen molar-refractivity contribution in [1.82, 2.24) is 0 Å². The number of rotatable bonds is 17. The van der Waals surface area contributed by atoms with Crippen LogP contribution in [0.25, 0.3) is 0 Å². The average molecular weight is 1100 g/mol. The fourth-order valence-corrected chi connectivity index (χ4v) is 82.6. The minimum absolute atomic E-state index is 0.389. The van der Waals surface area contributed by atoms with Crippen molar-refractivity contribution in [2.45, 2.75) is 7.75 Å². The molecule has 316 valence electrons. The van der Waals surface area contributed by atoms with Crippen molar-refractivity contribution in [2.75, 3.05) is 0 Å². The van der Waals surface area contributed by atoms with E-state index < -0.39 is 54.7 Å². The zero-order valence-electron chi connectivity index (χ0n) is 33.4. The van der Waals surface area contributed by atoms with Gasteiger partial charge in [0.05, 0.1) is 0 Å². The van der Waals surface area contributed by atoms with E-state index in [-0.39, 0.29) is 7.75 Å². The van der Waals surface area contributed by atoms with Crippen LogP contribution in [-0.2, 0) is 32.6 Å². The van der Waals surface area contributed by atoms with E-state index in [0.29, 0.717) is 0 Å². The molecule has 8 aromatic carbocycles. The first-order valence-electron chi connectivity index (χ1n) is 19.7. The number of halogens is 2. The molecule has 0 radical (unpaired) electrons. The number of benzene rings is 8. The molecule has 8 aromatic rings. The summed E-state index contributed by atoms with van der Waals surface area (Å²) in [5, 5.41) is 9.11. The van der Waals surface area contributed by atoms with E-state index in [0.717, 1.165) is 52.2 Å². The molecular weight excluding hydrogens is 1060 g/mol. The predicted molar refractivity (Wildman–Crippen MR) is 269 cm³/mol. The molecule has 62 heavy (non-hydrogen) atoms. The van der Waals surface area contributed by atoms with Crippen LogP contribution in [0.1, 0.15) is 0 Å². The van der Waals surface area contributed by atoms with Crippen molar-refractivity contribution in [3.63, 3.8) is 0 Å². The first-order chi connectivity index (χ1) is 30.5. The van der Waals surface area contributed by atoms with Gasteiger partial charge in [0.1, 0.15) is 0 Å². The molecule has 10 heteroatoms. The molecule has 0 N–H and O–H groups in total. The third kappa shape index (κ3) is 9.55. The first-order valence-corrected chi connectivity index (χ1v) is 37.2. The van der Waals surface area contributed by atoms with Crippen LogP contribution >= 0.6 is 50.9 Å². The molecular formula is C52H44Cl2O2P4PdRu. The Morgan fingerprint density at radius 2 is 0.468 bits per heavy atom. The quantitative estimate of drug-likeness (QED) is 0.0517. The van der Waals surface area contributed by atoms with Crippen LogP contribution in [0, 0.1) is 0 Å². The molecule has 8 rings (SSSR count). The summed E-state index contributed by atoms with van der Waals surface area (Å²) in [5.74, 6) is 0. The maximum absolute atomic E-state index is 14.6. The van der Waals surface area contributed by atoms with E-state index in [1.807, 2.05) is 0 Å². The number of carbonyl (C=O) groups excluding carboxylic acids is 2. The molecule has 0 amide bonds. The Labute approximate surface area is 382 Å². The Bertz CT molecular complexity index is 2130. The molecule has 0 saturated carbocycles. The van der Waals surface area contributed by atoms with E-state index in [9.17, 15) is 19.1 Å². The van der Waals surface area contributed by atoms with Crippen molar-refractivity contribution in [3.8, 4) is 0 Å². The molecule has 0 aromatic heterocycles. The van der Waals surface area contributed by atoms with Crippen LogP contribution in [0.2, 0.25) is 0 Å². The molecule has 0 saturated heterocycles. The second kappa shape index (κ2) is 21.6. The maximum atomic E-state index is 14.6. The van der Waals surface area contributed by atoms with Gasteiger partial charge in [0.2, 0.25) is 0 Å². The van der Waals surface area contributed by atoms with Gasteiger partial charge in [0.25, 0.3) is 0 Å². The van der Waals surface area contributed by atoms with Gasteiger partial charge in [-0.3, -0.25) is 0 Å². The Morgan fingerprint density at radius 3 is 0.597 bits per heavy atom. The normalized spacial score (nSPS) is 12.6. The monoisotopic (exact) mass is 1100 g/mol. The summed E-state index contributed by atoms with van der Waals surface area (Å²) in [5.41, 5.74) is 0. The fraction of sp³-hybridized carbons (Fsp3) is 0.0385. The Kier molecular flexibility index (Phi) is 15.8. The van der Waals surface area contributed by atoms with Gasteiger partial charge in [-0.1, -0.05) is 0 Å². The van der Waals surface area contributed by atoms with E-state index in [1.165, 1.54) is 0 Å². The predicted octanol–water partition coefficient (Wildman–Crippen LogP) is 11.0. The van der Waals surface area contributed by atoms with Gasteiger partial charge in [-0.2, -0.15) is 0 Å². The molecule has 0 fully saturated rings. The zero-order chi connectivity index (χ0) is 42.8. The van der Waals surface area contributed by atoms with Gasteiger partial charge in [-0.15, -0.1) is 0 Å². The minimum atomic E-state index is -4.80. The zero-order valence-corrected chi connectivity index (χ0v) is 41.8. The SMILES string of the molecule is O=[CH][Ru]([Cl])([CH]=O)[Pd]([Cl])([CH](P(c1ccccc1)c1ccccc1)P(c1ccccc1)c1ccccc1)[CH](P(c1ccccc1)c1ccccc1)P(c1ccccc1)c1ccccc1. The average Bonchev–Trinajstić information content (AvgIpc) is 3.35. The second-order valence-corrected chi connectivity index (χ2v) is 52.5. The number of carbonyl (C=O) groups is 2. The van der Waals surface area contributed by atoms with Crippen LogP contribution in [0.5, 0.6) is 0 Å². The van der Waals surface area contributed by atoms with Crippen molar-refractivity contribution in [3.05, 3.63) is 243 Å². The Hall–Kier alpha value is -3.31. The third-order valence-electron chi connectivity index (χ3n) is 9.97. The first kappa shape index (κ1) is 45.3. The van der Waals surface area contributed by atoms with E-state index in [2.05, 4.69) is 243 Å². The fourth-order valence-electron chi connectivity index (χ4n) is 7.24. The van der Waals surface area contributed by atoms with Gasteiger partial charge >= 0.3 is 386 Å². The molecule has 2 nitrogen and oxygen atoms in total. The summed E-state index contributed by atoms with van der Waals surface area (Å²) < 4.78 is -0.778. The molecule has 0 bridgehead atoms. The molecule has 0 spiro atoms. The summed E-state index contributed by atoms with van der Waals surface area (Å²) in [7, 11) is 12.2. The second-order valence-electron chi connectivity index (χ2n) is 13.7. The number of hydrogen-bond donors (Lipinski definition) is 0. The van der Waals surface area contributed by atoms with E-state index >= 15 is 0 Å². The van der Waals surface area contributed by atoms with Gasteiger partial charge in [-0.25, -0.2) is 0 Å². The van der Waals surface area contributed by atoms with Gasteiger partial charge in [-0.05, 0) is 0 Å². The van der Waals surface area contributed by atoms with Gasteiger partial charge in [0, 0.05) is 0 Å². The molecule has 0 aliphatic carbocycles. The van der Waals surface area contributed by atoms with Crippen LogP contribution in [0.4, 0.5) is 0 Å². The van der Waals surface area contributed by atoms with Crippen LogP contribution in [-0.4, -0.2) is 17.5 Å². The summed E-state index contributed by atoms with van der Waals surface area (Å²) in [6.45, 7) is 0. The molecule has 0 aliphatic heterocycles. The van der Waals surface area contributed by atoms with Gasteiger partial charge in [0.15, 0.2) is 0 Å². The van der Waals surface area contributed by atoms with Crippen molar-refractivity contribution >= 4 is 103 Å². The summed E-state index contributed by atoms with van der Waals surface area (Å²) in [4.78, 5) is 30.9. The number of hydrogen-bond acceptors (Lipinski definition) is 2. The summed E-state index contributed by atoms with van der Waals surface area (Å²) >= 11 is -9.20. The van der Waals surface area contributed by atoms with Crippen molar-refractivity contribution in [1.29, 1.82) is 0 Å². The summed E-state index contributed by atoms with van der Waals surface area (Å²) in [6.07, 6.45) is 0. The van der Waals surface area contributed by atoms with Crippen LogP contribution < -0.4 is 42.4 Å². The topological polar surface area (TPSA) is 34.1 Å². The third-order valence-corrected chi connectivity index (χ3v) is 71.1. The van der Waals surface area contributed by atoms with Crippen LogP contribution in [0.15, 0.2) is 243 Å². The standard InChI is InChI=1S/2C25H21P2.2CHO.2ClH.Pd.Ru/c2*1-5-13-22(14-6-1)26(23-15-7-2-8-16-23)21-27(24-17-9-3-10-18-24)25-19-11-4-12-20-25;2*1-2;;;;/h2*1-21H;2*1H;2*1H;;/q;;;;;;2*+1/p-2. The van der Waals surface area contributed by atoms with Crippen molar-refractivity contribution in [2.24, 2.45) is 0 Å². The van der Waals surface area contributed by atoms with E-state index in [1.54, 1.807) is 0 Å². The molecule has 0 heterocycles. The van der Waals surface area contributed by atoms with Gasteiger partial charge < -0.3 is 0 Å². The van der Waals surface area contributed by atoms with E-state index in [4.69, 9.17) is 9.69 Å². The molecule has 0 unspecified atom stereocenters.